The highest BCUT2D eigenvalue weighted by Crippen LogP contribution is 2.13. The van der Waals surface area contributed by atoms with Crippen LogP contribution in [0.4, 0.5) is 10.1 Å². The zero-order chi connectivity index (χ0) is 22.2. The third-order valence-corrected chi connectivity index (χ3v) is 4.42. The van der Waals surface area contributed by atoms with Gasteiger partial charge in [0.25, 0.3) is 11.8 Å². The Morgan fingerprint density at radius 1 is 1.06 bits per heavy atom. The normalized spacial score (nSPS) is 11.4. The van der Waals surface area contributed by atoms with E-state index in [9.17, 15) is 18.8 Å². The van der Waals surface area contributed by atoms with Gasteiger partial charge in [-0.2, -0.15) is 0 Å². The lowest BCUT2D eigenvalue weighted by Gasteiger charge is -2.17. The molecule has 2 aromatic carbocycles. The Balaban J connectivity index is 1.62. The number of halogens is 1. The molecule has 160 valence electrons. The Kier molecular flexibility index (Phi) is 7.16. The monoisotopic (exact) mass is 424 g/mol. The molecule has 0 fully saturated rings. The fourth-order valence-electron chi connectivity index (χ4n) is 2.79. The van der Waals surface area contributed by atoms with E-state index in [4.69, 9.17) is 9.15 Å². The molecule has 3 rings (SSSR count). The first-order valence-electron chi connectivity index (χ1n) is 9.53. The maximum absolute atomic E-state index is 13.6. The highest BCUT2D eigenvalue weighted by atomic mass is 19.1. The number of esters is 1. The average molecular weight is 424 g/mol. The molecule has 31 heavy (non-hydrogen) atoms. The van der Waals surface area contributed by atoms with Crippen molar-refractivity contribution in [3.8, 4) is 0 Å². The smallest absolute Gasteiger partial charge is 0.329 e. The van der Waals surface area contributed by atoms with Gasteiger partial charge in [0.15, 0.2) is 12.4 Å². The fourth-order valence-corrected chi connectivity index (χ4v) is 2.79. The van der Waals surface area contributed by atoms with Crippen molar-refractivity contribution in [1.29, 1.82) is 0 Å². The molecule has 0 radical (unpaired) electrons. The molecule has 0 bridgehead atoms. The predicted octanol–water partition coefficient (Wildman–Crippen LogP) is 3.25. The average Bonchev–Trinajstić information content (AvgIpc) is 3.30. The number of amides is 2. The molecule has 0 saturated heterocycles. The molecular formula is C23H21FN2O5. The van der Waals surface area contributed by atoms with Crippen LogP contribution >= 0.6 is 0 Å². The summed E-state index contributed by atoms with van der Waals surface area (Å²) in [6.07, 6.45) is 1.51. The van der Waals surface area contributed by atoms with E-state index >= 15 is 0 Å². The van der Waals surface area contributed by atoms with Crippen LogP contribution in [-0.2, 0) is 20.7 Å². The van der Waals surface area contributed by atoms with Crippen molar-refractivity contribution in [2.45, 2.75) is 19.4 Å². The van der Waals surface area contributed by atoms with E-state index in [1.807, 2.05) is 6.07 Å². The van der Waals surface area contributed by atoms with Gasteiger partial charge in [-0.15, -0.1) is 0 Å². The number of anilines is 1. The summed E-state index contributed by atoms with van der Waals surface area (Å²) in [6.45, 7) is 1.02. The predicted molar refractivity (Wildman–Crippen MR) is 111 cm³/mol. The van der Waals surface area contributed by atoms with E-state index in [1.165, 1.54) is 24.5 Å². The minimum Gasteiger partial charge on any atom is -0.459 e. The van der Waals surface area contributed by atoms with Gasteiger partial charge in [-0.25, -0.2) is 9.18 Å². The number of hydrogen-bond acceptors (Lipinski definition) is 5. The summed E-state index contributed by atoms with van der Waals surface area (Å²) in [6, 6.07) is 15.3. The molecule has 0 spiro atoms. The van der Waals surface area contributed by atoms with E-state index in [-0.39, 0.29) is 17.9 Å². The molecule has 1 atom stereocenters. The van der Waals surface area contributed by atoms with Crippen molar-refractivity contribution in [2.75, 3.05) is 11.9 Å². The number of hydrogen-bond donors (Lipinski definition) is 2. The topological polar surface area (TPSA) is 97.6 Å². The highest BCUT2D eigenvalue weighted by molar-refractivity contribution is 5.96. The van der Waals surface area contributed by atoms with Crippen molar-refractivity contribution < 1.29 is 27.9 Å². The lowest BCUT2D eigenvalue weighted by molar-refractivity contribution is -0.149. The van der Waals surface area contributed by atoms with Crippen molar-refractivity contribution in [2.24, 2.45) is 0 Å². The van der Waals surface area contributed by atoms with Crippen LogP contribution in [0.3, 0.4) is 0 Å². The van der Waals surface area contributed by atoms with Gasteiger partial charge >= 0.3 is 5.97 Å². The highest BCUT2D eigenvalue weighted by Gasteiger charge is 2.25. The van der Waals surface area contributed by atoms with Gasteiger partial charge in [0, 0.05) is 12.1 Å². The summed E-state index contributed by atoms with van der Waals surface area (Å²) in [5.41, 5.74) is 1.49. The zero-order valence-electron chi connectivity index (χ0n) is 16.8. The number of rotatable bonds is 8. The molecular weight excluding hydrogens is 403 g/mol. The second-order valence-electron chi connectivity index (χ2n) is 6.81. The summed E-state index contributed by atoms with van der Waals surface area (Å²) in [5, 5.41) is 5.02. The molecule has 0 aliphatic carbocycles. The molecule has 1 heterocycles. The third-order valence-electron chi connectivity index (χ3n) is 4.42. The van der Waals surface area contributed by atoms with Crippen LogP contribution in [0.5, 0.6) is 0 Å². The number of nitrogens with one attached hydrogen (secondary N) is 2. The minimum absolute atomic E-state index is 0.0463. The van der Waals surface area contributed by atoms with E-state index < -0.39 is 36.2 Å². The Bertz CT molecular complexity index is 1050. The standard InChI is InChI=1S/C23H21FN2O5/c1-15-9-10-17(13-18(15)24)25-21(27)14-31-23(29)19(12-16-6-3-2-4-7-16)26-22(28)20-8-5-11-30-20/h2-11,13,19H,12,14H2,1H3,(H,25,27)(H,26,28)/t19-/m1/s1. The molecule has 2 amide bonds. The molecule has 0 aliphatic rings. The number of benzene rings is 2. The van der Waals surface area contributed by atoms with E-state index in [0.717, 1.165) is 5.56 Å². The molecule has 2 N–H and O–H groups in total. The summed E-state index contributed by atoms with van der Waals surface area (Å²) in [5.74, 6) is -2.41. The number of carbonyl (C=O) groups is 3. The third kappa shape index (κ3) is 6.27. The van der Waals surface area contributed by atoms with Crippen LogP contribution in [0.25, 0.3) is 0 Å². The van der Waals surface area contributed by atoms with Gasteiger partial charge in [0.05, 0.1) is 6.26 Å². The maximum Gasteiger partial charge on any atom is 0.329 e. The number of carbonyl (C=O) groups excluding carboxylic acids is 3. The molecule has 0 unspecified atom stereocenters. The van der Waals surface area contributed by atoms with Crippen molar-refractivity contribution >= 4 is 23.5 Å². The lowest BCUT2D eigenvalue weighted by Crippen LogP contribution is -2.44. The Labute approximate surface area is 178 Å². The largest absolute Gasteiger partial charge is 0.459 e. The quantitative estimate of drug-likeness (QED) is 0.541. The first kappa shape index (κ1) is 21.8. The van der Waals surface area contributed by atoms with Crippen LogP contribution in [0.1, 0.15) is 21.7 Å². The van der Waals surface area contributed by atoms with E-state index in [0.29, 0.717) is 5.56 Å². The van der Waals surface area contributed by atoms with Gasteiger partial charge < -0.3 is 19.8 Å². The summed E-state index contributed by atoms with van der Waals surface area (Å²) in [7, 11) is 0. The van der Waals surface area contributed by atoms with Crippen LogP contribution in [0.15, 0.2) is 71.3 Å². The van der Waals surface area contributed by atoms with Gasteiger partial charge in [-0.1, -0.05) is 36.4 Å². The molecule has 8 heteroatoms. The van der Waals surface area contributed by atoms with Crippen molar-refractivity contribution in [1.82, 2.24) is 5.32 Å². The van der Waals surface area contributed by atoms with E-state index in [2.05, 4.69) is 10.6 Å². The summed E-state index contributed by atoms with van der Waals surface area (Å²) in [4.78, 5) is 37.0. The summed E-state index contributed by atoms with van der Waals surface area (Å²) >= 11 is 0. The Morgan fingerprint density at radius 3 is 2.52 bits per heavy atom. The molecule has 0 saturated carbocycles. The molecule has 3 aromatic rings. The van der Waals surface area contributed by atoms with Crippen LogP contribution in [-0.4, -0.2) is 30.4 Å². The second-order valence-corrected chi connectivity index (χ2v) is 6.81. The summed E-state index contributed by atoms with van der Waals surface area (Å²) < 4.78 is 23.8. The lowest BCUT2D eigenvalue weighted by atomic mass is 10.1. The second kappa shape index (κ2) is 10.2. The van der Waals surface area contributed by atoms with Gasteiger partial charge in [0.2, 0.25) is 0 Å². The van der Waals surface area contributed by atoms with Gasteiger partial charge in [0.1, 0.15) is 11.9 Å². The fraction of sp³-hybridized carbons (Fsp3) is 0.174. The van der Waals surface area contributed by atoms with Gasteiger partial charge in [-0.3, -0.25) is 9.59 Å². The Hall–Kier alpha value is -3.94. The molecule has 7 nitrogen and oxygen atoms in total. The number of aryl methyl sites for hydroxylation is 1. The molecule has 1 aromatic heterocycles. The number of ether oxygens (including phenoxy) is 1. The first-order valence-corrected chi connectivity index (χ1v) is 9.53. The van der Waals surface area contributed by atoms with Crippen LogP contribution in [0.2, 0.25) is 0 Å². The van der Waals surface area contributed by atoms with Crippen LogP contribution < -0.4 is 10.6 Å². The Morgan fingerprint density at radius 2 is 1.84 bits per heavy atom. The number of furan rings is 1. The van der Waals surface area contributed by atoms with Crippen molar-refractivity contribution in [3.05, 3.63) is 89.6 Å². The SMILES string of the molecule is Cc1ccc(NC(=O)COC(=O)[C@@H](Cc2ccccc2)NC(=O)c2ccco2)cc1F. The first-order chi connectivity index (χ1) is 14.9. The van der Waals surface area contributed by atoms with Crippen molar-refractivity contribution in [3.63, 3.8) is 0 Å². The van der Waals surface area contributed by atoms with Crippen LogP contribution in [0, 0.1) is 12.7 Å². The maximum atomic E-state index is 13.6. The minimum atomic E-state index is -1.04. The molecule has 0 aliphatic heterocycles. The van der Waals surface area contributed by atoms with Gasteiger partial charge in [-0.05, 0) is 42.3 Å². The van der Waals surface area contributed by atoms with E-state index in [1.54, 1.807) is 43.3 Å². The zero-order valence-corrected chi connectivity index (χ0v) is 16.8.